The molecule has 1 saturated heterocycles. The number of amides is 2. The van der Waals surface area contributed by atoms with Gasteiger partial charge in [-0.2, -0.15) is 0 Å². The number of rotatable bonds is 3. The minimum absolute atomic E-state index is 0.112. The smallest absolute Gasteiger partial charge is 0.325 e. The van der Waals surface area contributed by atoms with Gasteiger partial charge >= 0.3 is 6.03 Å². The number of ether oxygens (including phenoxy) is 2. The van der Waals surface area contributed by atoms with Gasteiger partial charge in [0.05, 0.1) is 12.6 Å². The van der Waals surface area contributed by atoms with Gasteiger partial charge in [0.25, 0.3) is 0 Å². The van der Waals surface area contributed by atoms with Gasteiger partial charge in [-0.15, -0.1) is 0 Å². The van der Waals surface area contributed by atoms with Crippen LogP contribution in [0.15, 0.2) is 42.5 Å². The predicted molar refractivity (Wildman–Crippen MR) is 96.5 cm³/mol. The highest BCUT2D eigenvalue weighted by atomic mass is 35.5. The van der Waals surface area contributed by atoms with Crippen LogP contribution in [0.3, 0.4) is 0 Å². The molecule has 0 spiro atoms. The average Bonchev–Trinajstić information content (AvgIpc) is 2.57. The van der Waals surface area contributed by atoms with E-state index in [4.69, 9.17) is 21.1 Å². The Morgan fingerprint density at radius 2 is 2.08 bits per heavy atom. The van der Waals surface area contributed by atoms with Crippen molar-refractivity contribution in [3.05, 3.63) is 53.1 Å². The van der Waals surface area contributed by atoms with Crippen molar-refractivity contribution in [2.45, 2.75) is 32.0 Å². The van der Waals surface area contributed by atoms with Crippen LogP contribution in [0.5, 0.6) is 11.5 Å². The van der Waals surface area contributed by atoms with E-state index in [-0.39, 0.29) is 12.1 Å². The molecule has 0 aliphatic carbocycles. The lowest BCUT2D eigenvalue weighted by Crippen LogP contribution is -2.65. The maximum atomic E-state index is 12.8. The summed E-state index contributed by atoms with van der Waals surface area (Å²) in [6, 6.07) is 12.7. The molecule has 6 heteroatoms. The zero-order valence-corrected chi connectivity index (χ0v) is 14.8. The van der Waals surface area contributed by atoms with Crippen LogP contribution < -0.4 is 19.7 Å². The van der Waals surface area contributed by atoms with Gasteiger partial charge in [0, 0.05) is 22.7 Å². The fourth-order valence-electron chi connectivity index (χ4n) is 3.59. The van der Waals surface area contributed by atoms with Crippen molar-refractivity contribution in [1.29, 1.82) is 0 Å². The van der Waals surface area contributed by atoms with E-state index in [1.807, 2.05) is 50.2 Å². The van der Waals surface area contributed by atoms with E-state index >= 15 is 0 Å². The van der Waals surface area contributed by atoms with E-state index in [9.17, 15) is 4.79 Å². The molecule has 2 aliphatic heterocycles. The number of urea groups is 1. The zero-order valence-electron chi connectivity index (χ0n) is 14.1. The minimum atomic E-state index is -0.763. The SMILES string of the molecule is CCOc1ccc(N2C(=O)N[C@@H]3C[C@@]2(C)Oc2ccc(Cl)cc23)cc1. The highest BCUT2D eigenvalue weighted by Gasteiger charge is 2.49. The third-order valence-corrected chi connectivity index (χ3v) is 4.87. The lowest BCUT2D eigenvalue weighted by molar-refractivity contribution is 0.0379. The van der Waals surface area contributed by atoms with Gasteiger partial charge in [0.2, 0.25) is 0 Å². The highest BCUT2D eigenvalue weighted by Crippen LogP contribution is 2.46. The lowest BCUT2D eigenvalue weighted by Gasteiger charge is -2.50. The molecule has 2 heterocycles. The second kappa shape index (κ2) is 5.85. The fourth-order valence-corrected chi connectivity index (χ4v) is 3.77. The summed E-state index contributed by atoms with van der Waals surface area (Å²) in [5.41, 5.74) is 0.921. The summed E-state index contributed by atoms with van der Waals surface area (Å²) < 4.78 is 11.7. The second-order valence-corrected chi connectivity index (χ2v) is 6.86. The average molecular weight is 359 g/mol. The van der Waals surface area contributed by atoms with Crippen molar-refractivity contribution >= 4 is 23.3 Å². The normalized spacial score (nSPS) is 24.2. The molecule has 0 aromatic heterocycles. The Morgan fingerprint density at radius 3 is 2.80 bits per heavy atom. The molecule has 1 N–H and O–H groups in total. The van der Waals surface area contributed by atoms with Gasteiger partial charge in [0.1, 0.15) is 11.5 Å². The molecule has 2 aliphatic rings. The molecular formula is C19H19ClN2O3. The van der Waals surface area contributed by atoms with E-state index in [0.29, 0.717) is 18.1 Å². The number of anilines is 1. The summed E-state index contributed by atoms with van der Waals surface area (Å²) in [6.45, 7) is 4.48. The molecule has 2 bridgehead atoms. The summed E-state index contributed by atoms with van der Waals surface area (Å²) in [6.07, 6.45) is 0.638. The number of hydrogen-bond donors (Lipinski definition) is 1. The Labute approximate surface area is 151 Å². The Balaban J connectivity index is 1.71. The molecule has 130 valence electrons. The number of hydrogen-bond acceptors (Lipinski definition) is 3. The van der Waals surface area contributed by atoms with E-state index < -0.39 is 5.72 Å². The van der Waals surface area contributed by atoms with E-state index in [2.05, 4.69) is 5.32 Å². The van der Waals surface area contributed by atoms with E-state index in [1.54, 1.807) is 11.0 Å². The molecule has 1 fully saturated rings. The van der Waals surface area contributed by atoms with Crippen LogP contribution in [0.4, 0.5) is 10.5 Å². The van der Waals surface area contributed by atoms with Crippen molar-refractivity contribution in [2.24, 2.45) is 0 Å². The fraction of sp³-hybridized carbons (Fsp3) is 0.316. The number of benzene rings is 2. The van der Waals surface area contributed by atoms with Gasteiger partial charge < -0.3 is 14.8 Å². The zero-order chi connectivity index (χ0) is 17.6. The molecule has 0 saturated carbocycles. The topological polar surface area (TPSA) is 50.8 Å². The molecule has 2 aromatic carbocycles. The molecule has 2 atom stereocenters. The van der Waals surface area contributed by atoms with Crippen molar-refractivity contribution in [1.82, 2.24) is 5.32 Å². The first-order chi connectivity index (χ1) is 12.0. The first-order valence-corrected chi connectivity index (χ1v) is 8.70. The van der Waals surface area contributed by atoms with Crippen LogP contribution in [0.2, 0.25) is 5.02 Å². The highest BCUT2D eigenvalue weighted by molar-refractivity contribution is 6.30. The molecule has 4 rings (SSSR count). The molecular weight excluding hydrogens is 340 g/mol. The van der Waals surface area contributed by atoms with Crippen LogP contribution in [0.25, 0.3) is 0 Å². The number of carbonyl (C=O) groups is 1. The van der Waals surface area contributed by atoms with Gasteiger partial charge in [-0.05, 0) is 56.3 Å². The van der Waals surface area contributed by atoms with E-state index in [0.717, 1.165) is 22.7 Å². The van der Waals surface area contributed by atoms with Crippen LogP contribution >= 0.6 is 11.6 Å². The van der Waals surface area contributed by atoms with Crippen LogP contribution in [0.1, 0.15) is 31.9 Å². The summed E-state index contributed by atoms with van der Waals surface area (Å²) in [4.78, 5) is 14.5. The van der Waals surface area contributed by atoms with Gasteiger partial charge in [-0.3, -0.25) is 4.90 Å². The number of nitrogens with zero attached hydrogens (tertiary/aromatic N) is 1. The molecule has 2 aromatic rings. The van der Waals surface area contributed by atoms with Crippen molar-refractivity contribution in [3.63, 3.8) is 0 Å². The van der Waals surface area contributed by atoms with Gasteiger partial charge in [0.15, 0.2) is 5.72 Å². The minimum Gasteiger partial charge on any atom is -0.494 e. The molecule has 25 heavy (non-hydrogen) atoms. The summed E-state index contributed by atoms with van der Waals surface area (Å²) in [5.74, 6) is 1.52. The standard InChI is InChI=1S/C19H19ClN2O3/c1-3-24-14-7-5-13(6-8-14)22-18(23)21-16-11-19(22,2)25-17-9-4-12(20)10-15(16)17/h4-10,16H,3,11H2,1-2H3,(H,21,23)/t16-,19-/m1/s1. The number of halogens is 1. The first-order valence-electron chi connectivity index (χ1n) is 8.32. The van der Waals surface area contributed by atoms with Gasteiger partial charge in [-0.1, -0.05) is 11.6 Å². The Hall–Kier alpha value is -2.40. The largest absolute Gasteiger partial charge is 0.494 e. The second-order valence-electron chi connectivity index (χ2n) is 6.43. The van der Waals surface area contributed by atoms with Crippen molar-refractivity contribution in [2.75, 3.05) is 11.5 Å². The Kier molecular flexibility index (Phi) is 3.76. The third kappa shape index (κ3) is 2.68. The Bertz CT molecular complexity index is 824. The number of carbonyl (C=O) groups excluding carboxylic acids is 1. The molecule has 0 radical (unpaired) electrons. The summed E-state index contributed by atoms with van der Waals surface area (Å²) in [5, 5.41) is 3.70. The molecule has 5 nitrogen and oxygen atoms in total. The van der Waals surface area contributed by atoms with Crippen molar-refractivity contribution < 1.29 is 14.3 Å². The van der Waals surface area contributed by atoms with Crippen molar-refractivity contribution in [3.8, 4) is 11.5 Å². The summed E-state index contributed by atoms with van der Waals surface area (Å²) in [7, 11) is 0. The third-order valence-electron chi connectivity index (χ3n) is 4.64. The van der Waals surface area contributed by atoms with E-state index in [1.165, 1.54) is 0 Å². The lowest BCUT2D eigenvalue weighted by atomic mass is 9.90. The van der Waals surface area contributed by atoms with Crippen LogP contribution in [0, 0.1) is 0 Å². The van der Waals surface area contributed by atoms with Crippen LogP contribution in [-0.2, 0) is 0 Å². The Morgan fingerprint density at radius 1 is 1.32 bits per heavy atom. The summed E-state index contributed by atoms with van der Waals surface area (Å²) >= 11 is 6.10. The van der Waals surface area contributed by atoms with Crippen LogP contribution in [-0.4, -0.2) is 18.4 Å². The molecule has 0 unspecified atom stereocenters. The first kappa shape index (κ1) is 16.1. The maximum absolute atomic E-state index is 12.8. The number of fused-ring (bicyclic) bond motifs is 4. The quantitative estimate of drug-likeness (QED) is 0.878. The number of nitrogens with one attached hydrogen (secondary N) is 1. The maximum Gasteiger partial charge on any atom is 0.325 e. The van der Waals surface area contributed by atoms with Gasteiger partial charge in [-0.25, -0.2) is 4.79 Å². The monoisotopic (exact) mass is 358 g/mol. The molecule has 2 amide bonds. The predicted octanol–water partition coefficient (Wildman–Crippen LogP) is 4.51.